The van der Waals surface area contributed by atoms with Gasteiger partial charge in [-0.3, -0.25) is 4.79 Å². The number of likely N-dealkylation sites (N-methyl/N-ethyl adjacent to an activating group) is 2. The van der Waals surface area contributed by atoms with Crippen LogP contribution in [0, 0.1) is 0 Å². The topological polar surface area (TPSA) is 65.5 Å². The van der Waals surface area contributed by atoms with Crippen LogP contribution >= 0.6 is 0 Å². The Balaban J connectivity index is 2.91. The Bertz CT molecular complexity index is 394. The van der Waals surface area contributed by atoms with Crippen LogP contribution in [0.5, 0.6) is 0 Å². The van der Waals surface area contributed by atoms with Crippen molar-refractivity contribution < 1.29 is 9.90 Å². The highest BCUT2D eigenvalue weighted by molar-refractivity contribution is 5.81. The second-order valence-electron chi connectivity index (χ2n) is 4.06. The first-order chi connectivity index (χ1) is 8.60. The van der Waals surface area contributed by atoms with Gasteiger partial charge < -0.3 is 15.3 Å². The van der Waals surface area contributed by atoms with Crippen molar-refractivity contribution in [3.05, 3.63) is 23.9 Å². The maximum atomic E-state index is 11.6. The van der Waals surface area contributed by atoms with Crippen LogP contribution in [-0.4, -0.2) is 35.6 Å². The quantitative estimate of drug-likeness (QED) is 0.794. The number of nitrogens with zero attached hydrogens (tertiary/aromatic N) is 2. The molecule has 1 aromatic heterocycles. The van der Waals surface area contributed by atoms with Crippen molar-refractivity contribution in [3.8, 4) is 0 Å². The van der Waals surface area contributed by atoms with E-state index in [-0.39, 0.29) is 12.5 Å². The normalized spacial score (nSPS) is 12.0. The summed E-state index contributed by atoms with van der Waals surface area (Å²) in [4.78, 5) is 17.7. The van der Waals surface area contributed by atoms with E-state index < -0.39 is 6.10 Å². The van der Waals surface area contributed by atoms with Crippen LogP contribution in [0.1, 0.15) is 32.4 Å². The molecule has 0 radical (unpaired) electrons. The summed E-state index contributed by atoms with van der Waals surface area (Å²) in [6.45, 7) is 7.06. The molecule has 0 saturated heterocycles. The number of anilines is 1. The summed E-state index contributed by atoms with van der Waals surface area (Å²) in [6.07, 6.45) is 1.07. The SMILES string of the molecule is CCNC(=O)CN(CC)c1ncccc1[C@H](C)O. The molecule has 1 rings (SSSR count). The highest BCUT2D eigenvalue weighted by Gasteiger charge is 2.16. The molecule has 0 fully saturated rings. The predicted octanol–water partition coefficient (Wildman–Crippen LogP) is 1.10. The van der Waals surface area contributed by atoms with Gasteiger partial charge in [0.05, 0.1) is 12.6 Å². The average molecular weight is 251 g/mol. The summed E-state index contributed by atoms with van der Waals surface area (Å²) < 4.78 is 0. The van der Waals surface area contributed by atoms with Gasteiger partial charge in [-0.1, -0.05) is 6.07 Å². The Morgan fingerprint density at radius 2 is 2.28 bits per heavy atom. The molecule has 0 aliphatic carbocycles. The number of aliphatic hydroxyl groups excluding tert-OH is 1. The average Bonchev–Trinajstić information content (AvgIpc) is 2.36. The smallest absolute Gasteiger partial charge is 0.239 e. The Labute approximate surface area is 108 Å². The van der Waals surface area contributed by atoms with E-state index in [0.29, 0.717) is 18.9 Å². The number of carbonyl (C=O) groups excluding carboxylic acids is 1. The minimum absolute atomic E-state index is 0.0402. The van der Waals surface area contributed by atoms with Gasteiger partial charge in [0, 0.05) is 24.8 Å². The van der Waals surface area contributed by atoms with E-state index in [1.165, 1.54) is 0 Å². The second-order valence-corrected chi connectivity index (χ2v) is 4.06. The first-order valence-electron chi connectivity index (χ1n) is 6.24. The number of aromatic nitrogens is 1. The lowest BCUT2D eigenvalue weighted by molar-refractivity contribution is -0.119. The van der Waals surface area contributed by atoms with E-state index in [9.17, 15) is 9.90 Å². The van der Waals surface area contributed by atoms with Crippen LogP contribution in [0.25, 0.3) is 0 Å². The fourth-order valence-electron chi connectivity index (χ4n) is 1.76. The number of aliphatic hydroxyl groups is 1. The molecule has 0 bridgehead atoms. The zero-order chi connectivity index (χ0) is 13.5. The monoisotopic (exact) mass is 251 g/mol. The Kier molecular flexibility index (Phi) is 5.58. The molecular formula is C13H21N3O2. The van der Waals surface area contributed by atoms with E-state index in [1.807, 2.05) is 24.8 Å². The van der Waals surface area contributed by atoms with Crippen LogP contribution in [0.4, 0.5) is 5.82 Å². The molecule has 5 nitrogen and oxygen atoms in total. The van der Waals surface area contributed by atoms with Gasteiger partial charge in [0.15, 0.2) is 0 Å². The molecular weight excluding hydrogens is 230 g/mol. The number of hydrogen-bond acceptors (Lipinski definition) is 4. The molecule has 18 heavy (non-hydrogen) atoms. The molecule has 0 spiro atoms. The molecule has 1 atom stereocenters. The van der Waals surface area contributed by atoms with Gasteiger partial charge in [-0.2, -0.15) is 0 Å². The molecule has 1 amide bonds. The van der Waals surface area contributed by atoms with Crippen molar-refractivity contribution in [1.29, 1.82) is 0 Å². The standard InChI is InChI=1S/C13H21N3O2/c1-4-14-12(18)9-16(5-2)13-11(10(3)17)7-6-8-15-13/h6-8,10,17H,4-5,9H2,1-3H3,(H,14,18)/t10-/m0/s1. The van der Waals surface area contributed by atoms with Gasteiger partial charge in [0.25, 0.3) is 0 Å². The summed E-state index contributed by atoms with van der Waals surface area (Å²) in [6, 6.07) is 3.61. The van der Waals surface area contributed by atoms with Gasteiger partial charge in [-0.15, -0.1) is 0 Å². The highest BCUT2D eigenvalue weighted by atomic mass is 16.3. The lowest BCUT2D eigenvalue weighted by Gasteiger charge is -2.24. The minimum atomic E-state index is -0.600. The predicted molar refractivity (Wildman–Crippen MR) is 71.4 cm³/mol. The fraction of sp³-hybridized carbons (Fsp3) is 0.538. The van der Waals surface area contributed by atoms with E-state index in [0.717, 1.165) is 5.56 Å². The summed E-state index contributed by atoms with van der Waals surface area (Å²) in [7, 11) is 0. The molecule has 0 aliphatic heterocycles. The maximum absolute atomic E-state index is 11.6. The molecule has 1 aromatic rings. The van der Waals surface area contributed by atoms with Gasteiger partial charge >= 0.3 is 0 Å². The third kappa shape index (κ3) is 3.70. The first kappa shape index (κ1) is 14.4. The molecule has 0 aliphatic rings. The number of amides is 1. The molecule has 0 aromatic carbocycles. The van der Waals surface area contributed by atoms with Crippen molar-refractivity contribution in [2.24, 2.45) is 0 Å². The molecule has 2 N–H and O–H groups in total. The number of nitrogens with one attached hydrogen (secondary N) is 1. The summed E-state index contributed by atoms with van der Waals surface area (Å²) >= 11 is 0. The Hall–Kier alpha value is -1.62. The number of carbonyl (C=O) groups is 1. The molecule has 0 unspecified atom stereocenters. The van der Waals surface area contributed by atoms with Gasteiger partial charge in [-0.25, -0.2) is 4.98 Å². The van der Waals surface area contributed by atoms with Crippen LogP contribution in [0.15, 0.2) is 18.3 Å². The zero-order valence-corrected chi connectivity index (χ0v) is 11.2. The number of rotatable bonds is 6. The third-order valence-corrected chi connectivity index (χ3v) is 2.66. The minimum Gasteiger partial charge on any atom is -0.389 e. The largest absolute Gasteiger partial charge is 0.389 e. The Morgan fingerprint density at radius 3 is 2.83 bits per heavy atom. The van der Waals surface area contributed by atoms with Gasteiger partial charge in [0.1, 0.15) is 5.82 Å². The second kappa shape index (κ2) is 6.96. The van der Waals surface area contributed by atoms with Crippen molar-refractivity contribution in [3.63, 3.8) is 0 Å². The maximum Gasteiger partial charge on any atom is 0.239 e. The first-order valence-corrected chi connectivity index (χ1v) is 6.24. The lowest BCUT2D eigenvalue weighted by atomic mass is 10.1. The van der Waals surface area contributed by atoms with E-state index in [1.54, 1.807) is 19.2 Å². The third-order valence-electron chi connectivity index (χ3n) is 2.66. The van der Waals surface area contributed by atoms with Crippen LogP contribution in [0.3, 0.4) is 0 Å². The molecule has 100 valence electrons. The molecule has 0 saturated carbocycles. The summed E-state index contributed by atoms with van der Waals surface area (Å²) in [5.41, 5.74) is 0.739. The van der Waals surface area contributed by atoms with E-state index >= 15 is 0 Å². The number of hydrogen-bond donors (Lipinski definition) is 2. The van der Waals surface area contributed by atoms with Gasteiger partial charge in [-0.05, 0) is 26.8 Å². The molecule has 5 heteroatoms. The van der Waals surface area contributed by atoms with Gasteiger partial charge in [0.2, 0.25) is 5.91 Å². The molecule has 1 heterocycles. The lowest BCUT2D eigenvalue weighted by Crippen LogP contribution is -2.38. The van der Waals surface area contributed by atoms with E-state index in [2.05, 4.69) is 10.3 Å². The summed E-state index contributed by atoms with van der Waals surface area (Å²) in [5.74, 6) is 0.628. The van der Waals surface area contributed by atoms with Crippen LogP contribution in [0.2, 0.25) is 0 Å². The highest BCUT2D eigenvalue weighted by Crippen LogP contribution is 2.23. The fourth-order valence-corrected chi connectivity index (χ4v) is 1.76. The van der Waals surface area contributed by atoms with Crippen LogP contribution < -0.4 is 10.2 Å². The summed E-state index contributed by atoms with van der Waals surface area (Å²) in [5, 5.41) is 12.5. The zero-order valence-electron chi connectivity index (χ0n) is 11.2. The van der Waals surface area contributed by atoms with Crippen molar-refractivity contribution in [2.45, 2.75) is 26.9 Å². The Morgan fingerprint density at radius 1 is 1.56 bits per heavy atom. The van der Waals surface area contributed by atoms with Crippen molar-refractivity contribution in [1.82, 2.24) is 10.3 Å². The van der Waals surface area contributed by atoms with Crippen molar-refractivity contribution >= 4 is 11.7 Å². The van der Waals surface area contributed by atoms with Crippen LogP contribution in [-0.2, 0) is 4.79 Å². The van der Waals surface area contributed by atoms with Crippen molar-refractivity contribution in [2.75, 3.05) is 24.5 Å². The number of pyridine rings is 1. The van der Waals surface area contributed by atoms with E-state index in [4.69, 9.17) is 0 Å².